The van der Waals surface area contributed by atoms with Crippen molar-refractivity contribution in [3.05, 3.63) is 98.8 Å². The number of aryl methyl sites for hydroxylation is 1. The summed E-state index contributed by atoms with van der Waals surface area (Å²) in [5, 5.41) is 4.33. The van der Waals surface area contributed by atoms with E-state index in [4.69, 9.17) is 21.1 Å². The van der Waals surface area contributed by atoms with E-state index in [1.54, 1.807) is 43.4 Å². The molecule has 0 unspecified atom stereocenters. The number of carbonyl (C=O) groups excluding carboxylic acids is 1. The summed E-state index contributed by atoms with van der Waals surface area (Å²) in [6, 6.07) is 20.0. The van der Waals surface area contributed by atoms with Crippen molar-refractivity contribution in [3.8, 4) is 11.5 Å². The van der Waals surface area contributed by atoms with E-state index < -0.39 is 0 Å². The fourth-order valence-electron chi connectivity index (χ4n) is 4.07. The van der Waals surface area contributed by atoms with Crippen LogP contribution in [0.4, 0.5) is 10.5 Å². The number of anilines is 1. The Bertz CT molecular complexity index is 1450. The summed E-state index contributed by atoms with van der Waals surface area (Å²) >= 11 is 6.09. The molecule has 0 spiro atoms. The molecule has 4 aromatic rings. The summed E-state index contributed by atoms with van der Waals surface area (Å²) in [6.07, 6.45) is 0.550. The first kappa shape index (κ1) is 25.1. The maximum atomic E-state index is 13.3. The van der Waals surface area contributed by atoms with Gasteiger partial charge in [0, 0.05) is 22.8 Å². The number of aromatic amines is 1. The molecule has 2 amide bonds. The van der Waals surface area contributed by atoms with Gasteiger partial charge < -0.3 is 24.7 Å². The normalized spacial score (nSPS) is 10.8. The largest absolute Gasteiger partial charge is 0.493 e. The minimum absolute atomic E-state index is 0.138. The highest BCUT2D eigenvalue weighted by molar-refractivity contribution is 6.30. The summed E-state index contributed by atoms with van der Waals surface area (Å²) in [5.41, 5.74) is 3.61. The molecule has 0 saturated carbocycles. The van der Waals surface area contributed by atoms with Gasteiger partial charge in [-0.2, -0.15) is 0 Å². The molecule has 1 heterocycles. The lowest BCUT2D eigenvalue weighted by Gasteiger charge is -2.23. The van der Waals surface area contributed by atoms with Gasteiger partial charge in [0.25, 0.3) is 5.56 Å². The van der Waals surface area contributed by atoms with E-state index in [1.807, 2.05) is 49.4 Å². The lowest BCUT2D eigenvalue weighted by atomic mass is 10.1. The van der Waals surface area contributed by atoms with Crippen molar-refractivity contribution >= 4 is 34.2 Å². The van der Waals surface area contributed by atoms with Gasteiger partial charge in [-0.15, -0.1) is 0 Å². The highest BCUT2D eigenvalue weighted by Crippen LogP contribution is 2.28. The number of halogens is 1. The molecule has 3 aromatic carbocycles. The van der Waals surface area contributed by atoms with E-state index in [0.717, 1.165) is 22.0 Å². The molecule has 8 heteroatoms. The Kier molecular flexibility index (Phi) is 7.80. The van der Waals surface area contributed by atoms with Crippen LogP contribution in [0.1, 0.15) is 16.7 Å². The molecule has 0 fully saturated rings. The number of hydrogen-bond donors (Lipinski definition) is 2. The zero-order valence-electron chi connectivity index (χ0n) is 20.4. The van der Waals surface area contributed by atoms with Gasteiger partial charge in [0.2, 0.25) is 0 Å². The molecule has 36 heavy (non-hydrogen) atoms. The molecule has 0 bridgehead atoms. The molecule has 0 radical (unpaired) electrons. The van der Waals surface area contributed by atoms with Crippen molar-refractivity contribution in [1.82, 2.24) is 9.88 Å². The molecule has 2 N–H and O–H groups in total. The first-order chi connectivity index (χ1) is 17.4. The van der Waals surface area contributed by atoms with E-state index in [2.05, 4.69) is 10.3 Å². The number of para-hydroxylation sites is 1. The molecule has 0 aliphatic heterocycles. The molecule has 0 saturated heterocycles. The van der Waals surface area contributed by atoms with Crippen molar-refractivity contribution in [1.29, 1.82) is 0 Å². The monoisotopic (exact) mass is 505 g/mol. The molecule has 186 valence electrons. The number of aromatic nitrogens is 1. The zero-order chi connectivity index (χ0) is 25.7. The molecular weight excluding hydrogens is 478 g/mol. The number of benzene rings is 3. The van der Waals surface area contributed by atoms with Gasteiger partial charge in [0.05, 0.1) is 26.3 Å². The number of fused-ring (bicyclic) bond motifs is 1. The van der Waals surface area contributed by atoms with Crippen molar-refractivity contribution in [2.75, 3.05) is 26.1 Å². The summed E-state index contributed by atoms with van der Waals surface area (Å²) in [4.78, 5) is 30.8. The standard InChI is InChI=1S/C28H28ClN3O4/c1-18-6-4-7-20-15-21(27(33)31-26(18)20)17-32(28(34)30-23-9-5-8-22(29)16-23)13-12-19-10-11-24(35-2)25(14-19)36-3/h4-11,14-16H,12-13,17H2,1-3H3,(H,30,34)(H,31,33). The van der Waals surface area contributed by atoms with E-state index >= 15 is 0 Å². The van der Waals surface area contributed by atoms with E-state index in [0.29, 0.717) is 40.7 Å². The zero-order valence-corrected chi connectivity index (χ0v) is 21.2. The lowest BCUT2D eigenvalue weighted by Crippen LogP contribution is -2.37. The Morgan fingerprint density at radius 2 is 1.78 bits per heavy atom. The van der Waals surface area contributed by atoms with Crippen molar-refractivity contribution in [3.63, 3.8) is 0 Å². The highest BCUT2D eigenvalue weighted by atomic mass is 35.5. The number of pyridine rings is 1. The predicted octanol–water partition coefficient (Wildman–Crippen LogP) is 5.78. The number of amides is 2. The Morgan fingerprint density at radius 1 is 1.00 bits per heavy atom. The average molecular weight is 506 g/mol. The van der Waals surface area contributed by atoms with Crippen LogP contribution in [0.2, 0.25) is 5.02 Å². The average Bonchev–Trinajstić information content (AvgIpc) is 2.87. The van der Waals surface area contributed by atoms with Gasteiger partial charge >= 0.3 is 6.03 Å². The van der Waals surface area contributed by atoms with E-state index in [9.17, 15) is 9.59 Å². The maximum Gasteiger partial charge on any atom is 0.322 e. The molecule has 4 rings (SSSR count). The third-order valence-corrected chi connectivity index (χ3v) is 6.24. The second-order valence-corrected chi connectivity index (χ2v) is 8.90. The molecule has 0 atom stereocenters. The van der Waals surface area contributed by atoms with Crippen LogP contribution in [0.3, 0.4) is 0 Å². The first-order valence-electron chi connectivity index (χ1n) is 11.5. The molecule has 0 aliphatic carbocycles. The number of urea groups is 1. The second-order valence-electron chi connectivity index (χ2n) is 8.46. The maximum absolute atomic E-state index is 13.3. The Balaban J connectivity index is 1.61. The number of methoxy groups -OCH3 is 2. The number of H-pyrrole nitrogens is 1. The fraction of sp³-hybridized carbons (Fsp3) is 0.214. The van der Waals surface area contributed by atoms with Crippen LogP contribution in [0.5, 0.6) is 11.5 Å². The van der Waals surface area contributed by atoms with Gasteiger partial charge in [-0.1, -0.05) is 41.9 Å². The Hall–Kier alpha value is -3.97. The first-order valence-corrected chi connectivity index (χ1v) is 11.9. The SMILES string of the molecule is COc1ccc(CCN(Cc2cc3cccc(C)c3[nH]c2=O)C(=O)Nc2cccc(Cl)c2)cc1OC. The van der Waals surface area contributed by atoms with Crippen molar-refractivity contribution in [2.45, 2.75) is 19.9 Å². The van der Waals surface area contributed by atoms with Gasteiger partial charge in [0.15, 0.2) is 11.5 Å². The van der Waals surface area contributed by atoms with Crippen LogP contribution in [0.25, 0.3) is 10.9 Å². The number of hydrogen-bond acceptors (Lipinski definition) is 4. The third-order valence-electron chi connectivity index (χ3n) is 6.01. The smallest absolute Gasteiger partial charge is 0.322 e. The lowest BCUT2D eigenvalue weighted by molar-refractivity contribution is 0.209. The second kappa shape index (κ2) is 11.2. The Labute approximate surface area is 214 Å². The number of carbonyl (C=O) groups is 1. The quantitative estimate of drug-likeness (QED) is 0.318. The van der Waals surface area contributed by atoms with Gasteiger partial charge in [0.1, 0.15) is 0 Å². The van der Waals surface area contributed by atoms with Crippen LogP contribution in [-0.2, 0) is 13.0 Å². The van der Waals surface area contributed by atoms with Crippen LogP contribution in [0.15, 0.2) is 71.5 Å². The fourth-order valence-corrected chi connectivity index (χ4v) is 4.26. The molecule has 7 nitrogen and oxygen atoms in total. The third kappa shape index (κ3) is 5.80. The highest BCUT2D eigenvalue weighted by Gasteiger charge is 2.18. The molecule has 1 aromatic heterocycles. The van der Waals surface area contributed by atoms with E-state index in [1.165, 1.54) is 0 Å². The predicted molar refractivity (Wildman–Crippen MR) is 143 cm³/mol. The van der Waals surface area contributed by atoms with Crippen LogP contribution in [0, 0.1) is 6.92 Å². The van der Waals surface area contributed by atoms with Crippen LogP contribution >= 0.6 is 11.6 Å². The van der Waals surface area contributed by atoms with Gasteiger partial charge in [-0.05, 0) is 66.3 Å². The molecular formula is C28H28ClN3O4. The topological polar surface area (TPSA) is 83.7 Å². The number of nitrogens with one attached hydrogen (secondary N) is 2. The van der Waals surface area contributed by atoms with Gasteiger partial charge in [-0.3, -0.25) is 4.79 Å². The number of ether oxygens (including phenoxy) is 2. The number of nitrogens with zero attached hydrogens (tertiary/aromatic N) is 1. The van der Waals surface area contributed by atoms with Crippen molar-refractivity contribution in [2.24, 2.45) is 0 Å². The summed E-state index contributed by atoms with van der Waals surface area (Å²) < 4.78 is 10.7. The van der Waals surface area contributed by atoms with Gasteiger partial charge in [-0.25, -0.2) is 4.79 Å². The summed E-state index contributed by atoms with van der Waals surface area (Å²) in [7, 11) is 3.17. The summed E-state index contributed by atoms with van der Waals surface area (Å²) in [6.45, 7) is 2.46. The molecule has 0 aliphatic rings. The van der Waals surface area contributed by atoms with E-state index in [-0.39, 0.29) is 18.1 Å². The Morgan fingerprint density at radius 3 is 2.53 bits per heavy atom. The van der Waals surface area contributed by atoms with Crippen LogP contribution in [-0.4, -0.2) is 36.7 Å². The minimum atomic E-state index is -0.332. The minimum Gasteiger partial charge on any atom is -0.493 e. The van der Waals surface area contributed by atoms with Crippen molar-refractivity contribution < 1.29 is 14.3 Å². The van der Waals surface area contributed by atoms with Crippen LogP contribution < -0.4 is 20.3 Å². The number of rotatable bonds is 8. The summed E-state index contributed by atoms with van der Waals surface area (Å²) in [5.74, 6) is 1.25.